The second-order valence-corrected chi connectivity index (χ2v) is 7.15. The lowest BCUT2D eigenvalue weighted by atomic mass is 10.1. The second-order valence-electron chi connectivity index (χ2n) is 6.71. The van der Waals surface area contributed by atoms with E-state index in [0.717, 1.165) is 10.9 Å². The summed E-state index contributed by atoms with van der Waals surface area (Å²) in [6.07, 6.45) is 0. The zero-order valence-corrected chi connectivity index (χ0v) is 16.0. The van der Waals surface area contributed by atoms with Gasteiger partial charge in [0.05, 0.1) is 11.1 Å². The lowest BCUT2D eigenvalue weighted by molar-refractivity contribution is 0.622. The second kappa shape index (κ2) is 6.11. The summed E-state index contributed by atoms with van der Waals surface area (Å²) in [5, 5.41) is 12.7. The van der Waals surface area contributed by atoms with E-state index in [0.29, 0.717) is 38.8 Å². The molecule has 2 aromatic carbocycles. The third kappa shape index (κ3) is 2.57. The predicted octanol–water partition coefficient (Wildman–Crippen LogP) is 3.65. The summed E-state index contributed by atoms with van der Waals surface area (Å²) in [4.78, 5) is 12.4. The van der Waals surface area contributed by atoms with Crippen molar-refractivity contribution in [2.24, 2.45) is 0 Å². The summed E-state index contributed by atoms with van der Waals surface area (Å²) in [6, 6.07) is 12.5. The van der Waals surface area contributed by atoms with E-state index in [2.05, 4.69) is 15.3 Å². The fraction of sp³-hybridized carbons (Fsp3) is 0.0500. The van der Waals surface area contributed by atoms with Crippen LogP contribution in [0.15, 0.2) is 51.7 Å². The molecule has 0 spiro atoms. The zero-order valence-electron chi connectivity index (χ0n) is 15.2. The Bertz CT molecular complexity index is 1460. The molecule has 0 amide bonds. The van der Waals surface area contributed by atoms with E-state index in [1.807, 2.05) is 13.0 Å². The number of fused-ring (bicyclic) bond motifs is 2. The number of H-pyrrole nitrogens is 1. The van der Waals surface area contributed by atoms with Gasteiger partial charge in [-0.25, -0.2) is 9.78 Å². The largest absolute Gasteiger partial charge is 0.454 e. The van der Waals surface area contributed by atoms with Gasteiger partial charge < -0.3 is 15.9 Å². The standard InChI is InChI=1S/C20H15ClN6O2/c1-9-13-8-10(21)2-7-14(13)29-18(9)17-15-16(20(28)25-24-19(15)23)26-27(17)12-5-3-11(22)4-6-12/h2-8H,22H2,1H3,(H2,23,24)(H,25,28). The maximum absolute atomic E-state index is 12.4. The Labute approximate surface area is 168 Å². The fourth-order valence-corrected chi connectivity index (χ4v) is 3.64. The van der Waals surface area contributed by atoms with Crippen molar-refractivity contribution in [3.05, 3.63) is 63.4 Å². The van der Waals surface area contributed by atoms with Gasteiger partial charge in [0.2, 0.25) is 0 Å². The van der Waals surface area contributed by atoms with Gasteiger partial charge in [-0.05, 0) is 49.4 Å². The van der Waals surface area contributed by atoms with Gasteiger partial charge in [-0.15, -0.1) is 0 Å². The highest BCUT2D eigenvalue weighted by Gasteiger charge is 2.25. The summed E-state index contributed by atoms with van der Waals surface area (Å²) < 4.78 is 7.76. The minimum absolute atomic E-state index is 0.147. The van der Waals surface area contributed by atoms with Crippen LogP contribution >= 0.6 is 11.6 Å². The Morgan fingerprint density at radius 1 is 1.14 bits per heavy atom. The van der Waals surface area contributed by atoms with Crippen LogP contribution in [0.3, 0.4) is 0 Å². The van der Waals surface area contributed by atoms with Crippen molar-refractivity contribution < 1.29 is 4.42 Å². The van der Waals surface area contributed by atoms with E-state index in [1.165, 1.54) is 0 Å². The average Bonchev–Trinajstić information content (AvgIpc) is 3.25. The third-order valence-electron chi connectivity index (χ3n) is 4.89. The molecular formula is C20H15ClN6O2. The SMILES string of the molecule is Cc1c(-c2c3c(N)n[nH]c(=O)c3nn2-c2ccc(N)cc2)oc2ccc(Cl)cc12. The van der Waals surface area contributed by atoms with Crippen molar-refractivity contribution in [3.63, 3.8) is 0 Å². The number of rotatable bonds is 2. The van der Waals surface area contributed by atoms with Crippen LogP contribution in [0, 0.1) is 6.92 Å². The molecule has 144 valence electrons. The van der Waals surface area contributed by atoms with E-state index in [1.54, 1.807) is 41.1 Å². The number of aromatic nitrogens is 4. The minimum atomic E-state index is -0.443. The average molecular weight is 407 g/mol. The Morgan fingerprint density at radius 3 is 2.66 bits per heavy atom. The number of nitrogens with two attached hydrogens (primary N) is 2. The van der Waals surface area contributed by atoms with Crippen molar-refractivity contribution >= 4 is 45.0 Å². The predicted molar refractivity (Wildman–Crippen MR) is 113 cm³/mol. The Hall–Kier alpha value is -3.78. The van der Waals surface area contributed by atoms with Crippen molar-refractivity contribution in [1.82, 2.24) is 20.0 Å². The molecule has 0 radical (unpaired) electrons. The molecule has 0 aliphatic carbocycles. The first-order chi connectivity index (χ1) is 13.9. The van der Waals surface area contributed by atoms with Crippen molar-refractivity contribution in [3.8, 4) is 17.1 Å². The molecule has 9 heteroatoms. The first kappa shape index (κ1) is 17.3. The van der Waals surface area contributed by atoms with Crippen molar-refractivity contribution in [1.29, 1.82) is 0 Å². The number of furan rings is 1. The molecule has 0 saturated heterocycles. The molecule has 0 atom stereocenters. The van der Waals surface area contributed by atoms with Crippen LogP contribution in [0.5, 0.6) is 0 Å². The highest BCUT2D eigenvalue weighted by atomic mass is 35.5. The van der Waals surface area contributed by atoms with E-state index < -0.39 is 5.56 Å². The number of benzene rings is 2. The maximum Gasteiger partial charge on any atom is 0.292 e. The molecule has 3 aromatic heterocycles. The lowest BCUT2D eigenvalue weighted by Crippen LogP contribution is -2.10. The van der Waals surface area contributed by atoms with E-state index in [-0.39, 0.29) is 11.3 Å². The molecule has 0 aliphatic heterocycles. The molecule has 0 aliphatic rings. The highest BCUT2D eigenvalue weighted by Crippen LogP contribution is 2.39. The van der Waals surface area contributed by atoms with E-state index >= 15 is 0 Å². The number of halogens is 1. The van der Waals surface area contributed by atoms with E-state index in [4.69, 9.17) is 27.5 Å². The fourth-order valence-electron chi connectivity index (χ4n) is 3.47. The van der Waals surface area contributed by atoms with Crippen LogP contribution in [0.2, 0.25) is 5.02 Å². The van der Waals surface area contributed by atoms with Gasteiger partial charge in [0.15, 0.2) is 17.1 Å². The normalized spacial score (nSPS) is 11.5. The molecule has 29 heavy (non-hydrogen) atoms. The Kier molecular flexibility index (Phi) is 3.65. The lowest BCUT2D eigenvalue weighted by Gasteiger charge is -2.07. The summed E-state index contributed by atoms with van der Waals surface area (Å²) in [5.74, 6) is 0.676. The van der Waals surface area contributed by atoms with Crippen LogP contribution in [0.25, 0.3) is 39.0 Å². The van der Waals surface area contributed by atoms with Gasteiger partial charge in [0.1, 0.15) is 11.3 Å². The number of nitrogens with zero attached hydrogens (tertiary/aromatic N) is 3. The number of hydrogen-bond acceptors (Lipinski definition) is 6. The maximum atomic E-state index is 12.4. The molecule has 8 nitrogen and oxygen atoms in total. The summed E-state index contributed by atoms with van der Waals surface area (Å²) >= 11 is 6.16. The molecule has 0 saturated carbocycles. The topological polar surface area (TPSA) is 129 Å². The first-order valence-electron chi connectivity index (χ1n) is 8.76. The van der Waals surface area contributed by atoms with Crippen LogP contribution in [0.4, 0.5) is 11.5 Å². The zero-order chi connectivity index (χ0) is 20.3. The summed E-state index contributed by atoms with van der Waals surface area (Å²) in [7, 11) is 0. The number of nitrogen functional groups attached to an aromatic ring is 2. The molecule has 5 rings (SSSR count). The van der Waals surface area contributed by atoms with Gasteiger partial charge >= 0.3 is 0 Å². The molecule has 0 bridgehead atoms. The van der Waals surface area contributed by atoms with Crippen LogP contribution in [-0.2, 0) is 0 Å². The van der Waals surface area contributed by atoms with Crippen molar-refractivity contribution in [2.45, 2.75) is 6.92 Å². The molecule has 0 fully saturated rings. The highest BCUT2D eigenvalue weighted by molar-refractivity contribution is 6.31. The summed E-state index contributed by atoms with van der Waals surface area (Å²) in [5.41, 5.74) is 15.0. The monoisotopic (exact) mass is 406 g/mol. The Morgan fingerprint density at radius 2 is 1.90 bits per heavy atom. The number of aryl methyl sites for hydroxylation is 1. The molecule has 5 aromatic rings. The first-order valence-corrected chi connectivity index (χ1v) is 9.13. The number of nitrogens with one attached hydrogen (secondary N) is 1. The van der Waals surface area contributed by atoms with Gasteiger partial charge in [-0.2, -0.15) is 10.2 Å². The van der Waals surface area contributed by atoms with Gasteiger partial charge in [0.25, 0.3) is 5.56 Å². The number of anilines is 2. The molecular weight excluding hydrogens is 392 g/mol. The molecule has 3 heterocycles. The Balaban J connectivity index is 1.93. The summed E-state index contributed by atoms with van der Waals surface area (Å²) in [6.45, 7) is 1.92. The third-order valence-corrected chi connectivity index (χ3v) is 5.12. The van der Waals surface area contributed by atoms with Crippen LogP contribution < -0.4 is 17.0 Å². The van der Waals surface area contributed by atoms with Gasteiger partial charge in [-0.3, -0.25) is 4.79 Å². The van der Waals surface area contributed by atoms with E-state index in [9.17, 15) is 4.79 Å². The van der Waals surface area contributed by atoms with Crippen molar-refractivity contribution in [2.75, 3.05) is 11.5 Å². The van der Waals surface area contributed by atoms with Gasteiger partial charge in [-0.1, -0.05) is 11.6 Å². The smallest absolute Gasteiger partial charge is 0.292 e. The number of hydrogen-bond donors (Lipinski definition) is 3. The van der Waals surface area contributed by atoms with Crippen LogP contribution in [-0.4, -0.2) is 20.0 Å². The van der Waals surface area contributed by atoms with Gasteiger partial charge in [0, 0.05) is 21.7 Å². The number of aromatic amines is 1. The van der Waals surface area contributed by atoms with Crippen LogP contribution in [0.1, 0.15) is 5.56 Å². The molecule has 5 N–H and O–H groups in total. The minimum Gasteiger partial charge on any atom is -0.454 e. The molecule has 0 unspecified atom stereocenters. The quantitative estimate of drug-likeness (QED) is 0.384.